The molecule has 1 fully saturated rings. The van der Waals surface area contributed by atoms with Crippen molar-refractivity contribution < 1.29 is 0 Å². The van der Waals surface area contributed by atoms with Crippen molar-refractivity contribution in [2.24, 2.45) is 5.73 Å². The molecular formula is C18H23N. The Morgan fingerprint density at radius 1 is 0.895 bits per heavy atom. The van der Waals surface area contributed by atoms with Gasteiger partial charge < -0.3 is 5.73 Å². The lowest BCUT2D eigenvalue weighted by atomic mass is 9.67. The van der Waals surface area contributed by atoms with E-state index in [4.69, 9.17) is 5.73 Å². The first-order valence-electron chi connectivity index (χ1n) is 7.53. The van der Waals surface area contributed by atoms with E-state index in [9.17, 15) is 0 Å². The number of benzene rings is 2. The van der Waals surface area contributed by atoms with Crippen LogP contribution in [0.2, 0.25) is 0 Å². The van der Waals surface area contributed by atoms with Crippen LogP contribution in [0.5, 0.6) is 0 Å². The van der Waals surface area contributed by atoms with Crippen LogP contribution >= 0.6 is 0 Å². The van der Waals surface area contributed by atoms with Crippen molar-refractivity contribution in [1.82, 2.24) is 0 Å². The van der Waals surface area contributed by atoms with Gasteiger partial charge in [-0.1, -0.05) is 61.7 Å². The highest BCUT2D eigenvalue weighted by Gasteiger charge is 2.32. The van der Waals surface area contributed by atoms with Crippen LogP contribution in [0.25, 0.3) is 10.8 Å². The molecule has 0 radical (unpaired) electrons. The predicted octanol–water partition coefficient (Wildman–Crippen LogP) is 4.39. The van der Waals surface area contributed by atoms with Crippen molar-refractivity contribution in [3.05, 3.63) is 48.0 Å². The molecule has 0 aliphatic heterocycles. The fraction of sp³-hybridized carbons (Fsp3) is 0.444. The average molecular weight is 253 g/mol. The maximum Gasteiger partial charge on any atom is -0.00348 e. The minimum Gasteiger partial charge on any atom is -0.330 e. The van der Waals surface area contributed by atoms with Crippen molar-refractivity contribution in [2.75, 3.05) is 6.54 Å². The summed E-state index contributed by atoms with van der Waals surface area (Å²) in [5, 5.41) is 2.70. The van der Waals surface area contributed by atoms with Gasteiger partial charge in [0.05, 0.1) is 0 Å². The van der Waals surface area contributed by atoms with Crippen molar-refractivity contribution in [2.45, 2.75) is 43.9 Å². The van der Waals surface area contributed by atoms with Gasteiger partial charge in [0.1, 0.15) is 0 Å². The highest BCUT2D eigenvalue weighted by Crippen LogP contribution is 2.42. The summed E-state index contributed by atoms with van der Waals surface area (Å²) in [4.78, 5) is 0. The Morgan fingerprint density at radius 2 is 1.63 bits per heavy atom. The van der Waals surface area contributed by atoms with Crippen LogP contribution in [-0.4, -0.2) is 6.54 Å². The zero-order valence-electron chi connectivity index (χ0n) is 11.6. The molecule has 1 heteroatoms. The molecule has 1 aliphatic carbocycles. The van der Waals surface area contributed by atoms with Crippen molar-refractivity contribution >= 4 is 10.8 Å². The Labute approximate surface area is 115 Å². The Hall–Kier alpha value is -1.34. The highest BCUT2D eigenvalue weighted by molar-refractivity contribution is 5.83. The van der Waals surface area contributed by atoms with Crippen LogP contribution in [0.1, 0.15) is 44.1 Å². The maximum atomic E-state index is 5.89. The summed E-state index contributed by atoms with van der Waals surface area (Å²) >= 11 is 0. The number of hydrogen-bond donors (Lipinski definition) is 1. The molecule has 19 heavy (non-hydrogen) atoms. The first-order chi connectivity index (χ1) is 9.34. The number of nitrogens with two attached hydrogens (primary N) is 1. The van der Waals surface area contributed by atoms with Gasteiger partial charge in [-0.2, -0.15) is 0 Å². The van der Waals surface area contributed by atoms with Gasteiger partial charge in [0.2, 0.25) is 0 Å². The Bertz CT molecular complexity index is 547. The normalized spacial score (nSPS) is 18.6. The lowest BCUT2D eigenvalue weighted by molar-refractivity contribution is 0.278. The van der Waals surface area contributed by atoms with Crippen LogP contribution in [0, 0.1) is 0 Å². The molecule has 100 valence electrons. The molecule has 2 aromatic rings. The molecule has 1 aliphatic rings. The maximum absolute atomic E-state index is 5.89. The van der Waals surface area contributed by atoms with E-state index >= 15 is 0 Å². The smallest absolute Gasteiger partial charge is 0.00348 e. The van der Waals surface area contributed by atoms with E-state index in [0.29, 0.717) is 5.41 Å². The van der Waals surface area contributed by atoms with E-state index < -0.39 is 0 Å². The topological polar surface area (TPSA) is 26.0 Å². The number of rotatable bonds is 3. The molecule has 0 aromatic heterocycles. The summed E-state index contributed by atoms with van der Waals surface area (Å²) in [6.07, 6.45) is 7.84. The fourth-order valence-corrected chi connectivity index (χ4v) is 3.71. The summed E-state index contributed by atoms with van der Waals surface area (Å²) < 4.78 is 0. The van der Waals surface area contributed by atoms with Crippen LogP contribution in [0.15, 0.2) is 42.5 Å². The molecule has 3 rings (SSSR count). The van der Waals surface area contributed by atoms with Crippen LogP contribution < -0.4 is 5.73 Å². The molecule has 0 saturated heterocycles. The van der Waals surface area contributed by atoms with Crippen molar-refractivity contribution in [3.63, 3.8) is 0 Å². The molecule has 0 heterocycles. The monoisotopic (exact) mass is 253 g/mol. The lowest BCUT2D eigenvalue weighted by Gasteiger charge is -2.38. The van der Waals surface area contributed by atoms with E-state index in [1.807, 2.05) is 0 Å². The standard InChI is InChI=1S/C18H23N/c19-13-12-18(10-4-1-5-11-18)17-9-8-15-6-2-3-7-16(15)14-17/h2-3,6-9,14H,1,4-5,10-13,19H2. The van der Waals surface area contributed by atoms with Gasteiger partial charge in [-0.3, -0.25) is 0 Å². The molecule has 0 atom stereocenters. The van der Waals surface area contributed by atoms with Crippen molar-refractivity contribution in [1.29, 1.82) is 0 Å². The molecule has 2 aromatic carbocycles. The Balaban J connectivity index is 2.04. The fourth-order valence-electron chi connectivity index (χ4n) is 3.71. The zero-order valence-corrected chi connectivity index (χ0v) is 11.6. The minimum absolute atomic E-state index is 0.344. The molecule has 2 N–H and O–H groups in total. The van der Waals surface area contributed by atoms with Crippen molar-refractivity contribution in [3.8, 4) is 0 Å². The van der Waals surface area contributed by atoms with Gasteiger partial charge in [-0.25, -0.2) is 0 Å². The SMILES string of the molecule is NCCC1(c2ccc3ccccc3c2)CCCCC1. The predicted molar refractivity (Wildman–Crippen MR) is 82.4 cm³/mol. The highest BCUT2D eigenvalue weighted by atomic mass is 14.5. The van der Waals surface area contributed by atoms with Gasteiger partial charge in [0.25, 0.3) is 0 Å². The Kier molecular flexibility index (Phi) is 3.56. The third-order valence-electron chi connectivity index (χ3n) is 4.80. The second-order valence-electron chi connectivity index (χ2n) is 5.94. The molecule has 0 amide bonds. The first kappa shape index (κ1) is 12.7. The van der Waals surface area contributed by atoms with Gasteiger partial charge in [-0.05, 0) is 47.6 Å². The molecule has 0 spiro atoms. The lowest BCUT2D eigenvalue weighted by Crippen LogP contribution is -2.31. The van der Waals surface area contributed by atoms with Gasteiger partial charge >= 0.3 is 0 Å². The van der Waals surface area contributed by atoms with Crippen LogP contribution in [-0.2, 0) is 5.41 Å². The van der Waals surface area contributed by atoms with Crippen LogP contribution in [0.3, 0.4) is 0 Å². The van der Waals surface area contributed by atoms with E-state index in [0.717, 1.165) is 13.0 Å². The Morgan fingerprint density at radius 3 is 2.37 bits per heavy atom. The van der Waals surface area contributed by atoms with E-state index in [1.165, 1.54) is 48.4 Å². The quantitative estimate of drug-likeness (QED) is 0.862. The second kappa shape index (κ2) is 5.34. The summed E-state index contributed by atoms with van der Waals surface area (Å²) in [6.45, 7) is 0.798. The summed E-state index contributed by atoms with van der Waals surface area (Å²) in [5.74, 6) is 0. The summed E-state index contributed by atoms with van der Waals surface area (Å²) in [7, 11) is 0. The van der Waals surface area contributed by atoms with Gasteiger partial charge in [0.15, 0.2) is 0 Å². The number of fused-ring (bicyclic) bond motifs is 1. The van der Waals surface area contributed by atoms with E-state index in [1.54, 1.807) is 0 Å². The number of hydrogen-bond acceptors (Lipinski definition) is 1. The first-order valence-corrected chi connectivity index (χ1v) is 7.53. The van der Waals surface area contributed by atoms with E-state index in [2.05, 4.69) is 42.5 Å². The molecule has 0 unspecified atom stereocenters. The van der Waals surface area contributed by atoms with Gasteiger partial charge in [0, 0.05) is 0 Å². The van der Waals surface area contributed by atoms with Crippen LogP contribution in [0.4, 0.5) is 0 Å². The average Bonchev–Trinajstić information content (AvgIpc) is 2.48. The second-order valence-corrected chi connectivity index (χ2v) is 5.94. The van der Waals surface area contributed by atoms with E-state index in [-0.39, 0.29) is 0 Å². The minimum atomic E-state index is 0.344. The van der Waals surface area contributed by atoms with Gasteiger partial charge in [-0.15, -0.1) is 0 Å². The molecule has 0 bridgehead atoms. The largest absolute Gasteiger partial charge is 0.330 e. The summed E-state index contributed by atoms with van der Waals surface area (Å²) in [5.41, 5.74) is 7.75. The molecular weight excluding hydrogens is 230 g/mol. The third kappa shape index (κ3) is 2.40. The summed E-state index contributed by atoms with van der Waals surface area (Å²) in [6, 6.07) is 15.7. The third-order valence-corrected chi connectivity index (χ3v) is 4.80. The molecule has 1 nitrogen and oxygen atoms in total. The molecule has 1 saturated carbocycles. The zero-order chi connectivity index (χ0) is 13.1.